The van der Waals surface area contributed by atoms with Crippen molar-refractivity contribution >= 4 is 23.4 Å². The summed E-state index contributed by atoms with van der Waals surface area (Å²) in [5, 5.41) is 11.8. The molecule has 1 fully saturated rings. The maximum atomic E-state index is 13.2. The number of carboxylic acid groups (broad SMARTS) is 1. The number of amides is 2. The minimum Gasteiger partial charge on any atom is -0.497 e. The summed E-state index contributed by atoms with van der Waals surface area (Å²) in [5.41, 5.74) is 1.52. The normalized spacial score (nSPS) is 18.2. The van der Waals surface area contributed by atoms with E-state index in [0.29, 0.717) is 30.7 Å². The molecule has 166 valence electrons. The molecular formula is C24H30N2O5. The second-order valence-electron chi connectivity index (χ2n) is 7.85. The van der Waals surface area contributed by atoms with Crippen LogP contribution in [0.1, 0.15) is 25.7 Å². The molecule has 0 aromatic heterocycles. The maximum absolute atomic E-state index is 13.2. The first-order valence-corrected chi connectivity index (χ1v) is 10.6. The fourth-order valence-electron chi connectivity index (χ4n) is 3.94. The van der Waals surface area contributed by atoms with E-state index >= 15 is 0 Å². The van der Waals surface area contributed by atoms with Crippen molar-refractivity contribution in [3.63, 3.8) is 0 Å². The van der Waals surface area contributed by atoms with Crippen LogP contribution in [0.3, 0.4) is 0 Å². The Morgan fingerprint density at radius 1 is 1.00 bits per heavy atom. The molecule has 0 bridgehead atoms. The molecule has 0 radical (unpaired) electrons. The summed E-state index contributed by atoms with van der Waals surface area (Å²) in [4.78, 5) is 25.4. The van der Waals surface area contributed by atoms with Gasteiger partial charge in [0.1, 0.15) is 12.4 Å². The molecule has 2 N–H and O–H groups in total. The first-order valence-electron chi connectivity index (χ1n) is 10.6. The second kappa shape index (κ2) is 11.4. The Bertz CT molecular complexity index is 850. The van der Waals surface area contributed by atoms with Gasteiger partial charge in [0.25, 0.3) is 0 Å². The Morgan fingerprint density at radius 2 is 1.68 bits per heavy atom. The number of benzene rings is 2. The van der Waals surface area contributed by atoms with E-state index in [1.54, 1.807) is 12.0 Å². The Balaban J connectivity index is 1.57. The van der Waals surface area contributed by atoms with E-state index in [-0.39, 0.29) is 12.6 Å². The summed E-state index contributed by atoms with van der Waals surface area (Å²) in [7, 11) is 1.61. The van der Waals surface area contributed by atoms with Crippen LogP contribution in [0.5, 0.6) is 5.75 Å². The third-order valence-corrected chi connectivity index (χ3v) is 5.62. The molecule has 0 aliphatic heterocycles. The fraction of sp³-hybridized carbons (Fsp3) is 0.417. The van der Waals surface area contributed by atoms with Gasteiger partial charge < -0.3 is 19.9 Å². The first kappa shape index (κ1) is 22.6. The van der Waals surface area contributed by atoms with Crippen molar-refractivity contribution in [2.75, 3.05) is 31.8 Å². The van der Waals surface area contributed by atoms with E-state index in [1.165, 1.54) is 0 Å². The summed E-state index contributed by atoms with van der Waals surface area (Å²) in [6.07, 6.45) is 3.95. The number of anilines is 2. The molecule has 7 nitrogen and oxygen atoms in total. The zero-order valence-corrected chi connectivity index (χ0v) is 17.8. The molecule has 2 amide bonds. The minimum atomic E-state index is -0.935. The third-order valence-electron chi connectivity index (χ3n) is 5.62. The van der Waals surface area contributed by atoms with Crippen molar-refractivity contribution in [2.24, 2.45) is 11.8 Å². The van der Waals surface area contributed by atoms with E-state index in [4.69, 9.17) is 14.6 Å². The Morgan fingerprint density at radius 3 is 2.35 bits per heavy atom. The summed E-state index contributed by atoms with van der Waals surface area (Å²) < 4.78 is 10.6. The van der Waals surface area contributed by atoms with Gasteiger partial charge in [-0.05, 0) is 61.8 Å². The number of nitrogens with zero attached hydrogens (tertiary/aromatic N) is 1. The number of urea groups is 1. The van der Waals surface area contributed by atoms with Crippen molar-refractivity contribution in [1.82, 2.24) is 5.32 Å². The zero-order chi connectivity index (χ0) is 22.1. The standard InChI is InChI=1S/C24H30N2O5/c1-30-22-9-5-8-21(14-22)26(20-6-3-2-4-7-20)24(29)25-15-18-10-12-19(13-11-18)16-31-17-23(27)28/h2-9,14,18-19H,10-13,15-17H2,1H3,(H,25,29)(H,27,28). The highest BCUT2D eigenvalue weighted by Crippen LogP contribution is 2.30. The number of carboxylic acids is 1. The molecule has 0 spiro atoms. The van der Waals surface area contributed by atoms with E-state index < -0.39 is 5.97 Å². The van der Waals surface area contributed by atoms with Crippen LogP contribution in [-0.2, 0) is 9.53 Å². The van der Waals surface area contributed by atoms with Crippen molar-refractivity contribution in [2.45, 2.75) is 25.7 Å². The molecule has 7 heteroatoms. The van der Waals surface area contributed by atoms with Crippen molar-refractivity contribution in [3.05, 3.63) is 54.6 Å². The highest BCUT2D eigenvalue weighted by Gasteiger charge is 2.24. The number of carbonyl (C=O) groups excluding carboxylic acids is 1. The molecule has 31 heavy (non-hydrogen) atoms. The summed E-state index contributed by atoms with van der Waals surface area (Å²) in [6, 6.07) is 16.8. The van der Waals surface area contributed by atoms with E-state index in [2.05, 4.69) is 5.32 Å². The van der Waals surface area contributed by atoms with Crippen LogP contribution < -0.4 is 15.0 Å². The van der Waals surface area contributed by atoms with Gasteiger partial charge in [-0.3, -0.25) is 4.90 Å². The molecule has 0 saturated heterocycles. The van der Waals surface area contributed by atoms with Gasteiger partial charge in [0.15, 0.2) is 0 Å². The van der Waals surface area contributed by atoms with Crippen LogP contribution in [-0.4, -0.2) is 44.0 Å². The highest BCUT2D eigenvalue weighted by molar-refractivity contribution is 5.99. The molecular weight excluding hydrogens is 396 g/mol. The molecule has 3 rings (SSSR count). The molecule has 2 aromatic carbocycles. The van der Waals surface area contributed by atoms with Crippen molar-refractivity contribution < 1.29 is 24.2 Å². The lowest BCUT2D eigenvalue weighted by Crippen LogP contribution is -2.40. The summed E-state index contributed by atoms with van der Waals surface area (Å²) in [6.45, 7) is 0.855. The summed E-state index contributed by atoms with van der Waals surface area (Å²) in [5.74, 6) is 0.552. The van der Waals surface area contributed by atoms with Gasteiger partial charge in [0.2, 0.25) is 0 Å². The lowest BCUT2D eigenvalue weighted by molar-refractivity contribution is -0.142. The molecule has 1 aliphatic carbocycles. The lowest BCUT2D eigenvalue weighted by Gasteiger charge is -2.29. The quantitative estimate of drug-likeness (QED) is 0.618. The first-order chi connectivity index (χ1) is 15.1. The number of para-hydroxylation sites is 1. The van der Waals surface area contributed by atoms with Gasteiger partial charge in [0.05, 0.1) is 25.1 Å². The van der Waals surface area contributed by atoms with Crippen LogP contribution in [0.2, 0.25) is 0 Å². The van der Waals surface area contributed by atoms with Gasteiger partial charge in [-0.15, -0.1) is 0 Å². The average molecular weight is 427 g/mol. The van der Waals surface area contributed by atoms with Gasteiger partial charge in [-0.25, -0.2) is 9.59 Å². The molecule has 2 aromatic rings. The van der Waals surface area contributed by atoms with E-state index in [0.717, 1.165) is 37.1 Å². The molecule has 1 saturated carbocycles. The van der Waals surface area contributed by atoms with Crippen LogP contribution in [0.15, 0.2) is 54.6 Å². The van der Waals surface area contributed by atoms with Gasteiger partial charge in [0, 0.05) is 12.6 Å². The van der Waals surface area contributed by atoms with Crippen LogP contribution in [0.25, 0.3) is 0 Å². The molecule has 0 atom stereocenters. The minimum absolute atomic E-state index is 0.175. The number of methoxy groups -OCH3 is 1. The fourth-order valence-corrected chi connectivity index (χ4v) is 3.94. The van der Waals surface area contributed by atoms with Crippen molar-refractivity contribution in [3.8, 4) is 5.75 Å². The van der Waals surface area contributed by atoms with Crippen molar-refractivity contribution in [1.29, 1.82) is 0 Å². The van der Waals surface area contributed by atoms with Crippen LogP contribution in [0.4, 0.5) is 16.2 Å². The largest absolute Gasteiger partial charge is 0.497 e. The predicted molar refractivity (Wildman–Crippen MR) is 119 cm³/mol. The number of nitrogens with one attached hydrogen (secondary N) is 1. The monoisotopic (exact) mass is 426 g/mol. The number of hydrogen-bond acceptors (Lipinski definition) is 4. The average Bonchev–Trinajstić information content (AvgIpc) is 2.79. The topological polar surface area (TPSA) is 88.1 Å². The number of carbonyl (C=O) groups is 2. The van der Waals surface area contributed by atoms with Crippen LogP contribution >= 0.6 is 0 Å². The zero-order valence-electron chi connectivity index (χ0n) is 17.8. The molecule has 0 heterocycles. The number of aliphatic carboxylic acids is 1. The number of ether oxygens (including phenoxy) is 2. The second-order valence-corrected chi connectivity index (χ2v) is 7.85. The molecule has 1 aliphatic rings. The number of hydrogen-bond donors (Lipinski definition) is 2. The summed E-state index contributed by atoms with van der Waals surface area (Å²) >= 11 is 0. The highest BCUT2D eigenvalue weighted by atomic mass is 16.5. The maximum Gasteiger partial charge on any atom is 0.329 e. The molecule has 0 unspecified atom stereocenters. The van der Waals surface area contributed by atoms with E-state index in [1.807, 2.05) is 54.6 Å². The predicted octanol–water partition coefficient (Wildman–Crippen LogP) is 4.45. The Labute approximate surface area is 183 Å². The number of rotatable bonds is 9. The Kier molecular flexibility index (Phi) is 8.29. The SMILES string of the molecule is COc1cccc(N(C(=O)NCC2CCC(COCC(=O)O)CC2)c2ccccc2)c1. The Hall–Kier alpha value is -3.06. The van der Waals surface area contributed by atoms with Crippen LogP contribution in [0, 0.1) is 11.8 Å². The van der Waals surface area contributed by atoms with Gasteiger partial charge >= 0.3 is 12.0 Å². The van der Waals surface area contributed by atoms with Gasteiger partial charge in [-0.2, -0.15) is 0 Å². The third kappa shape index (κ3) is 6.72. The van der Waals surface area contributed by atoms with Gasteiger partial charge in [-0.1, -0.05) is 24.3 Å². The smallest absolute Gasteiger partial charge is 0.329 e. The lowest BCUT2D eigenvalue weighted by atomic mass is 9.82. The van der Waals surface area contributed by atoms with E-state index in [9.17, 15) is 9.59 Å².